The van der Waals surface area contributed by atoms with Crippen molar-refractivity contribution < 1.29 is 26.7 Å². The van der Waals surface area contributed by atoms with Gasteiger partial charge in [-0.3, -0.25) is 4.79 Å². The molecular formula is C11H6F5N3OS. The van der Waals surface area contributed by atoms with Crippen LogP contribution in [0.3, 0.4) is 0 Å². The molecule has 1 heterocycles. The summed E-state index contributed by atoms with van der Waals surface area (Å²) in [7, 11) is 0. The second-order valence-corrected chi connectivity index (χ2v) is 4.65. The van der Waals surface area contributed by atoms with Crippen LogP contribution >= 0.6 is 11.5 Å². The zero-order valence-corrected chi connectivity index (χ0v) is 10.8. The number of hydrogen-bond acceptors (Lipinski definition) is 4. The lowest BCUT2D eigenvalue weighted by molar-refractivity contribution is -0.156. The second kappa shape index (κ2) is 5.72. The van der Waals surface area contributed by atoms with Crippen LogP contribution in [0.15, 0.2) is 24.4 Å². The molecular weight excluding hydrogens is 317 g/mol. The Labute approximate surface area is 118 Å². The smallest absolute Gasteiger partial charge is 0.336 e. The Hall–Kier alpha value is -2.10. The van der Waals surface area contributed by atoms with Crippen LogP contribution in [0.1, 0.15) is 21.3 Å². The predicted octanol–water partition coefficient (Wildman–Crippen LogP) is 2.85. The molecule has 0 aliphatic heterocycles. The largest absolute Gasteiger partial charge is 0.413 e. The number of nitrogens with one attached hydrogen (secondary N) is 1. The number of amides is 1. The van der Waals surface area contributed by atoms with Gasteiger partial charge in [0.2, 0.25) is 0 Å². The fourth-order valence-electron chi connectivity index (χ4n) is 1.57. The van der Waals surface area contributed by atoms with E-state index in [1.165, 1.54) is 0 Å². The standard InChI is InChI=1S/C11H6F5N3OS/c12-5-2-1-3-6(13)8(5)9(11(14,15)16)18-10(20)7-4-17-19-21-7/h1-4,9H,(H,18,20). The lowest BCUT2D eigenvalue weighted by Crippen LogP contribution is -2.39. The first-order valence-electron chi connectivity index (χ1n) is 5.39. The first kappa shape index (κ1) is 15.3. The molecule has 0 radical (unpaired) electrons. The van der Waals surface area contributed by atoms with Gasteiger partial charge in [-0.2, -0.15) is 13.2 Å². The van der Waals surface area contributed by atoms with Gasteiger partial charge in [0.15, 0.2) is 6.04 Å². The maximum absolute atomic E-state index is 13.5. The molecule has 1 N–H and O–H groups in total. The zero-order chi connectivity index (χ0) is 15.6. The summed E-state index contributed by atoms with van der Waals surface area (Å²) >= 11 is 0.559. The molecule has 0 aliphatic carbocycles. The van der Waals surface area contributed by atoms with Crippen LogP contribution in [0.2, 0.25) is 0 Å². The summed E-state index contributed by atoms with van der Waals surface area (Å²) in [5.41, 5.74) is -1.27. The third kappa shape index (κ3) is 3.32. The van der Waals surface area contributed by atoms with Crippen LogP contribution in [0.4, 0.5) is 22.0 Å². The van der Waals surface area contributed by atoms with E-state index in [1.807, 2.05) is 0 Å². The molecule has 0 saturated heterocycles. The molecule has 0 fully saturated rings. The quantitative estimate of drug-likeness (QED) is 0.884. The molecule has 1 atom stereocenters. The van der Waals surface area contributed by atoms with Gasteiger partial charge in [-0.15, -0.1) is 5.10 Å². The van der Waals surface area contributed by atoms with E-state index in [0.717, 1.165) is 12.3 Å². The molecule has 0 aliphatic rings. The minimum absolute atomic E-state index is 0.207. The van der Waals surface area contributed by atoms with Crippen molar-refractivity contribution in [3.63, 3.8) is 0 Å². The number of benzene rings is 1. The number of carbonyl (C=O) groups is 1. The highest BCUT2D eigenvalue weighted by molar-refractivity contribution is 7.07. The summed E-state index contributed by atoms with van der Waals surface area (Å²) in [5.74, 6) is -3.98. The second-order valence-electron chi connectivity index (χ2n) is 3.87. The topological polar surface area (TPSA) is 54.9 Å². The third-order valence-corrected chi connectivity index (χ3v) is 3.14. The van der Waals surface area contributed by atoms with Crippen LogP contribution < -0.4 is 5.32 Å². The SMILES string of the molecule is O=C(NC(c1c(F)cccc1F)C(F)(F)F)c1cnns1. The van der Waals surface area contributed by atoms with Gasteiger partial charge in [-0.25, -0.2) is 8.78 Å². The van der Waals surface area contributed by atoms with E-state index in [0.29, 0.717) is 23.7 Å². The molecule has 4 nitrogen and oxygen atoms in total. The Morgan fingerprint density at radius 1 is 1.24 bits per heavy atom. The molecule has 0 spiro atoms. The number of nitrogens with zero attached hydrogens (tertiary/aromatic N) is 2. The van der Waals surface area contributed by atoms with E-state index >= 15 is 0 Å². The van der Waals surface area contributed by atoms with Crippen LogP contribution in [0.5, 0.6) is 0 Å². The van der Waals surface area contributed by atoms with Crippen LogP contribution in [-0.2, 0) is 0 Å². The summed E-state index contributed by atoms with van der Waals surface area (Å²) in [4.78, 5) is 11.4. The van der Waals surface area contributed by atoms with Crippen LogP contribution in [-0.4, -0.2) is 21.7 Å². The number of carbonyl (C=O) groups excluding carboxylic acids is 1. The van der Waals surface area contributed by atoms with Gasteiger partial charge in [-0.1, -0.05) is 10.6 Å². The molecule has 1 aromatic heterocycles. The number of hydrogen-bond donors (Lipinski definition) is 1. The first-order valence-corrected chi connectivity index (χ1v) is 6.17. The summed E-state index contributed by atoms with van der Waals surface area (Å²) in [6.45, 7) is 0. The summed E-state index contributed by atoms with van der Waals surface area (Å²) in [6.07, 6.45) is -4.12. The Morgan fingerprint density at radius 2 is 1.86 bits per heavy atom. The van der Waals surface area contributed by atoms with E-state index in [2.05, 4.69) is 9.59 Å². The van der Waals surface area contributed by atoms with Gasteiger partial charge in [-0.05, 0) is 23.7 Å². The number of rotatable bonds is 3. The van der Waals surface area contributed by atoms with Gasteiger partial charge in [0, 0.05) is 0 Å². The highest BCUT2D eigenvalue weighted by Gasteiger charge is 2.45. The average Bonchev–Trinajstić information content (AvgIpc) is 2.89. The fraction of sp³-hybridized carbons (Fsp3) is 0.182. The molecule has 1 amide bonds. The van der Waals surface area contributed by atoms with Crippen molar-refractivity contribution >= 4 is 17.4 Å². The fourth-order valence-corrected chi connectivity index (χ4v) is 1.99. The third-order valence-electron chi connectivity index (χ3n) is 2.48. The number of aromatic nitrogens is 2. The van der Waals surface area contributed by atoms with Crippen molar-refractivity contribution in [3.8, 4) is 0 Å². The van der Waals surface area contributed by atoms with Gasteiger partial charge in [0.25, 0.3) is 5.91 Å². The molecule has 1 unspecified atom stereocenters. The van der Waals surface area contributed by atoms with Gasteiger partial charge >= 0.3 is 6.18 Å². The Balaban J connectivity index is 2.39. The predicted molar refractivity (Wildman–Crippen MR) is 62.5 cm³/mol. The molecule has 1 aromatic carbocycles. The van der Waals surface area contributed by atoms with Gasteiger partial charge in [0.1, 0.15) is 16.5 Å². The minimum atomic E-state index is -5.07. The van der Waals surface area contributed by atoms with Crippen molar-refractivity contribution in [1.82, 2.24) is 14.9 Å². The van der Waals surface area contributed by atoms with Crippen molar-refractivity contribution in [2.75, 3.05) is 0 Å². The van der Waals surface area contributed by atoms with Crippen LogP contribution in [0.25, 0.3) is 0 Å². The maximum Gasteiger partial charge on any atom is 0.413 e. The molecule has 2 rings (SSSR count). The highest BCUT2D eigenvalue weighted by atomic mass is 32.1. The molecule has 112 valence electrons. The normalized spacial score (nSPS) is 13.0. The zero-order valence-electron chi connectivity index (χ0n) is 9.99. The lowest BCUT2D eigenvalue weighted by atomic mass is 10.0. The first-order chi connectivity index (χ1) is 9.80. The van der Waals surface area contributed by atoms with Crippen LogP contribution in [0, 0.1) is 11.6 Å². The summed E-state index contributed by atoms with van der Waals surface area (Å²) in [6, 6.07) is -0.528. The molecule has 2 aromatic rings. The van der Waals surface area contributed by atoms with E-state index in [4.69, 9.17) is 0 Å². The summed E-state index contributed by atoms with van der Waals surface area (Å²) in [5, 5.41) is 4.84. The molecule has 10 heteroatoms. The van der Waals surface area contributed by atoms with Gasteiger partial charge < -0.3 is 5.32 Å². The Bertz CT molecular complexity index is 624. The molecule has 0 saturated carbocycles. The number of alkyl halides is 3. The maximum atomic E-state index is 13.5. The van der Waals surface area contributed by atoms with Crippen molar-refractivity contribution in [2.24, 2.45) is 0 Å². The molecule has 21 heavy (non-hydrogen) atoms. The Kier molecular flexibility index (Phi) is 4.16. The minimum Gasteiger partial charge on any atom is -0.336 e. The Morgan fingerprint density at radius 3 is 2.33 bits per heavy atom. The average molecular weight is 323 g/mol. The van der Waals surface area contributed by atoms with E-state index in [-0.39, 0.29) is 4.88 Å². The number of halogens is 5. The van der Waals surface area contributed by atoms with E-state index < -0.39 is 35.3 Å². The lowest BCUT2D eigenvalue weighted by Gasteiger charge is -2.22. The van der Waals surface area contributed by atoms with Crippen molar-refractivity contribution in [2.45, 2.75) is 12.2 Å². The monoisotopic (exact) mass is 323 g/mol. The van der Waals surface area contributed by atoms with Crippen molar-refractivity contribution in [1.29, 1.82) is 0 Å². The molecule has 0 bridgehead atoms. The highest BCUT2D eigenvalue weighted by Crippen LogP contribution is 2.35. The van der Waals surface area contributed by atoms with Crippen molar-refractivity contribution in [3.05, 3.63) is 46.5 Å². The van der Waals surface area contributed by atoms with Gasteiger partial charge in [0.05, 0.1) is 11.8 Å². The summed E-state index contributed by atoms with van der Waals surface area (Å²) < 4.78 is 69.3. The van der Waals surface area contributed by atoms with E-state index in [9.17, 15) is 26.7 Å². The van der Waals surface area contributed by atoms with E-state index in [1.54, 1.807) is 5.32 Å².